The van der Waals surface area contributed by atoms with Crippen molar-refractivity contribution in [2.24, 2.45) is 0 Å². The Labute approximate surface area is 145 Å². The molecule has 64 valence electrons. The summed E-state index contributed by atoms with van der Waals surface area (Å²) in [5.74, 6) is -2.20. The Kier molecular flexibility index (Phi) is 42.9. The maximum Gasteiger partial charge on any atom is 1.00 e. The minimum Gasteiger partial charge on any atom is -1.00 e. The number of hydrogen-bond donors (Lipinski definition) is 3. The van der Waals surface area contributed by atoms with E-state index in [1.54, 1.807) is 0 Å². The molecule has 3 N–H and O–H groups in total. The summed E-state index contributed by atoms with van der Waals surface area (Å²) in [7, 11) is 0. The first-order chi connectivity index (χ1) is 4.37. The minimum absolute atomic E-state index is 0. The Balaban J connectivity index is -0.00000001000. The van der Waals surface area contributed by atoms with Crippen molar-refractivity contribution in [3.8, 4) is 0 Å². The van der Waals surface area contributed by atoms with E-state index in [1.165, 1.54) is 0 Å². The Morgan fingerprint density at radius 3 is 1.00 bits per heavy atom. The monoisotopic (exact) mass is 222 g/mol. The van der Waals surface area contributed by atoms with Crippen LogP contribution in [0.15, 0.2) is 0 Å². The van der Waals surface area contributed by atoms with Crippen molar-refractivity contribution < 1.29 is 123 Å². The molecule has 0 atom stereocenters. The molecule has 0 heterocycles. The third-order valence-corrected chi connectivity index (χ3v) is 0.301. The van der Waals surface area contributed by atoms with Crippen LogP contribution in [0, 0.1) is 0 Å². The van der Waals surface area contributed by atoms with E-state index in [4.69, 9.17) is 20.1 Å². The summed E-state index contributed by atoms with van der Waals surface area (Å²) in [4.78, 5) is 27.4. The zero-order valence-corrected chi connectivity index (χ0v) is 14.1. The van der Waals surface area contributed by atoms with Gasteiger partial charge in [-0.1, -0.05) is 0 Å². The quantitative estimate of drug-likeness (QED) is 0.300. The van der Waals surface area contributed by atoms with Crippen molar-refractivity contribution in [1.82, 2.24) is 0 Å². The predicted molar refractivity (Wildman–Crippen MR) is 32.3 cm³/mol. The van der Waals surface area contributed by atoms with E-state index in [9.17, 15) is 9.59 Å². The van der Waals surface area contributed by atoms with Gasteiger partial charge in [-0.2, -0.15) is 0 Å². The number of carbonyl (C=O) groups is 3. The molecule has 0 bridgehead atoms. The number of aliphatic carboxylic acids is 1. The Morgan fingerprint density at radius 2 is 1.00 bits per heavy atom. The van der Waals surface area contributed by atoms with Gasteiger partial charge < -0.3 is 19.6 Å². The van der Waals surface area contributed by atoms with Crippen LogP contribution in [0.3, 0.4) is 0 Å². The maximum absolute atomic E-state index is 9.54. The number of carboxylic acid groups (broad SMARTS) is 3. The van der Waals surface area contributed by atoms with E-state index in [2.05, 4.69) is 0 Å². The predicted octanol–water partition coefficient (Wildman–Crippen LogP) is -8.77. The largest absolute Gasteiger partial charge is 1.00 e. The number of hydrogen-bond acceptors (Lipinski definition) is 3. The fourth-order valence-corrected chi connectivity index (χ4v) is 0. The molecule has 0 aromatic rings. The average Bonchev–Trinajstić information content (AvgIpc) is 1.63. The van der Waals surface area contributed by atoms with Gasteiger partial charge in [-0.3, -0.25) is 4.79 Å². The van der Waals surface area contributed by atoms with Gasteiger partial charge in [0, 0.05) is 6.92 Å². The van der Waals surface area contributed by atoms with E-state index >= 15 is 0 Å². The Morgan fingerprint density at radius 1 is 0.923 bits per heavy atom. The third kappa shape index (κ3) is 59.6. The zero-order chi connectivity index (χ0) is 8.73. The normalized spacial score (nSPS) is 5.31. The summed E-state index contributed by atoms with van der Waals surface area (Å²) < 4.78 is 0. The molecular formula is C4H9Na3O6. The molecule has 0 aliphatic heterocycles. The molecule has 0 spiro atoms. The van der Waals surface area contributed by atoms with Crippen molar-refractivity contribution in [3.05, 3.63) is 0 Å². The summed E-state index contributed by atoms with van der Waals surface area (Å²) in [5.41, 5.74) is 0. The van der Waals surface area contributed by atoms with Crippen LogP contribution in [0.4, 0.5) is 4.79 Å². The second-order valence-electron chi connectivity index (χ2n) is 1.14. The standard InChI is InChI=1S/C3H4O3.CH2O3.3Na.3H/c1-2(4)3(5)6;2-1(3)4;;;;;;/h1H3,(H,5,6);(H2,2,3,4);;;;;;/q;;3*+1;3*-1. The Bertz CT molecular complexity index is 153. The summed E-state index contributed by atoms with van der Waals surface area (Å²) in [6.07, 6.45) is -1.83. The van der Waals surface area contributed by atoms with Gasteiger partial charge in [0.05, 0.1) is 0 Å². The average molecular weight is 222 g/mol. The molecule has 13 heavy (non-hydrogen) atoms. The first kappa shape index (κ1) is 29.3. The van der Waals surface area contributed by atoms with E-state index in [0.717, 1.165) is 6.92 Å². The second kappa shape index (κ2) is 19.1. The van der Waals surface area contributed by atoms with Gasteiger partial charge in [-0.05, 0) is 0 Å². The van der Waals surface area contributed by atoms with Crippen molar-refractivity contribution in [2.75, 3.05) is 0 Å². The van der Waals surface area contributed by atoms with Gasteiger partial charge in [-0.15, -0.1) is 0 Å². The van der Waals surface area contributed by atoms with Crippen molar-refractivity contribution in [1.29, 1.82) is 0 Å². The van der Waals surface area contributed by atoms with Crippen LogP contribution < -0.4 is 88.7 Å². The minimum atomic E-state index is -1.83. The number of Topliss-reactive ketones (excluding diaryl/α,β-unsaturated/α-hetero) is 1. The number of ketones is 1. The van der Waals surface area contributed by atoms with E-state index < -0.39 is 17.9 Å². The van der Waals surface area contributed by atoms with Crippen LogP contribution in [0.1, 0.15) is 11.2 Å². The van der Waals surface area contributed by atoms with E-state index in [-0.39, 0.29) is 93.0 Å². The van der Waals surface area contributed by atoms with Crippen LogP contribution in [0.2, 0.25) is 0 Å². The number of rotatable bonds is 1. The summed E-state index contributed by atoms with van der Waals surface area (Å²) in [6, 6.07) is 0. The van der Waals surface area contributed by atoms with Crippen molar-refractivity contribution in [3.63, 3.8) is 0 Å². The molecule has 9 heteroatoms. The molecule has 0 fully saturated rings. The van der Waals surface area contributed by atoms with Crippen molar-refractivity contribution in [2.45, 2.75) is 6.92 Å². The van der Waals surface area contributed by atoms with Gasteiger partial charge in [0.2, 0.25) is 5.78 Å². The van der Waals surface area contributed by atoms with Crippen LogP contribution in [0.25, 0.3) is 0 Å². The smallest absolute Gasteiger partial charge is 1.00 e. The number of carbonyl (C=O) groups excluding carboxylic acids is 1. The van der Waals surface area contributed by atoms with Gasteiger partial charge in [0.25, 0.3) is 0 Å². The van der Waals surface area contributed by atoms with Gasteiger partial charge in [0.1, 0.15) is 0 Å². The SMILES string of the molecule is CC(=O)C(=O)O.O=C(O)O.[H-].[H-].[H-].[Na+].[Na+].[Na+]. The van der Waals surface area contributed by atoms with Crippen molar-refractivity contribution >= 4 is 17.9 Å². The van der Waals surface area contributed by atoms with Crippen LogP contribution in [-0.2, 0) is 9.59 Å². The summed E-state index contributed by atoms with van der Waals surface area (Å²) in [5, 5.41) is 21.6. The molecule has 0 aromatic carbocycles. The molecule has 0 radical (unpaired) electrons. The van der Waals surface area contributed by atoms with Crippen LogP contribution in [0.5, 0.6) is 0 Å². The zero-order valence-electron chi connectivity index (χ0n) is 11.1. The molecule has 0 unspecified atom stereocenters. The fraction of sp³-hybridized carbons (Fsp3) is 0.250. The first-order valence-corrected chi connectivity index (χ1v) is 2.03. The first-order valence-electron chi connectivity index (χ1n) is 2.03. The topological polar surface area (TPSA) is 112 Å². The summed E-state index contributed by atoms with van der Waals surface area (Å²) >= 11 is 0. The summed E-state index contributed by atoms with van der Waals surface area (Å²) in [6.45, 7) is 1.00. The number of carboxylic acids is 1. The van der Waals surface area contributed by atoms with Gasteiger partial charge in [-0.25, -0.2) is 9.59 Å². The molecule has 0 aromatic heterocycles. The molecule has 0 amide bonds. The van der Waals surface area contributed by atoms with E-state index in [1.807, 2.05) is 0 Å². The molecular weight excluding hydrogens is 213 g/mol. The molecule has 0 saturated carbocycles. The van der Waals surface area contributed by atoms with Crippen LogP contribution >= 0.6 is 0 Å². The fourth-order valence-electron chi connectivity index (χ4n) is 0. The molecule has 0 rings (SSSR count). The second-order valence-corrected chi connectivity index (χ2v) is 1.14. The Hall–Kier alpha value is 1.41. The van der Waals surface area contributed by atoms with Crippen LogP contribution in [-0.4, -0.2) is 33.2 Å². The molecule has 6 nitrogen and oxygen atoms in total. The third-order valence-electron chi connectivity index (χ3n) is 0.301. The maximum atomic E-state index is 9.54. The molecule has 0 saturated heterocycles. The molecule has 0 aliphatic carbocycles. The molecule has 0 aliphatic rings. The van der Waals surface area contributed by atoms with Gasteiger partial charge >= 0.3 is 101 Å². The van der Waals surface area contributed by atoms with Gasteiger partial charge in [0.15, 0.2) is 0 Å². The van der Waals surface area contributed by atoms with E-state index in [0.29, 0.717) is 0 Å².